The van der Waals surface area contributed by atoms with Gasteiger partial charge in [0, 0.05) is 17.5 Å². The van der Waals surface area contributed by atoms with Gasteiger partial charge in [-0.25, -0.2) is 0 Å². The van der Waals surface area contributed by atoms with Gasteiger partial charge < -0.3 is 14.7 Å². The van der Waals surface area contributed by atoms with Crippen molar-refractivity contribution in [3.05, 3.63) is 65.2 Å². The minimum atomic E-state index is -0.717. The zero-order chi connectivity index (χ0) is 18.0. The van der Waals surface area contributed by atoms with Crippen LogP contribution in [0, 0.1) is 0 Å². The van der Waals surface area contributed by atoms with Crippen molar-refractivity contribution in [3.63, 3.8) is 0 Å². The molecule has 0 amide bonds. The first-order valence-electron chi connectivity index (χ1n) is 9.39. The molecule has 4 rings (SSSR count). The van der Waals surface area contributed by atoms with Gasteiger partial charge in [-0.3, -0.25) is 4.79 Å². The second kappa shape index (κ2) is 8.32. The number of aliphatic carboxylic acids is 1. The molecule has 0 bridgehead atoms. The summed E-state index contributed by atoms with van der Waals surface area (Å²) in [7, 11) is 0. The second-order valence-corrected chi connectivity index (χ2v) is 7.55. The Morgan fingerprint density at radius 2 is 1.81 bits per heavy atom. The topological polar surface area (TPSA) is 49.8 Å². The lowest BCUT2D eigenvalue weighted by atomic mass is 9.74. The SMILES string of the molecule is Cl.O=C(O)CCN1CCC2(CC1)COc1cc(Cc3ccccc3)ccc12. The van der Waals surface area contributed by atoms with E-state index in [0.717, 1.165) is 44.7 Å². The van der Waals surface area contributed by atoms with E-state index >= 15 is 0 Å². The molecule has 0 atom stereocenters. The van der Waals surface area contributed by atoms with Crippen molar-refractivity contribution >= 4 is 18.4 Å². The van der Waals surface area contributed by atoms with E-state index in [1.807, 2.05) is 6.07 Å². The lowest BCUT2D eigenvalue weighted by Crippen LogP contribution is -2.44. The van der Waals surface area contributed by atoms with Gasteiger partial charge in [0.05, 0.1) is 13.0 Å². The quantitative estimate of drug-likeness (QED) is 0.845. The normalized spacial score (nSPS) is 17.8. The summed E-state index contributed by atoms with van der Waals surface area (Å²) in [6.45, 7) is 3.29. The molecule has 2 aromatic rings. The molecule has 0 aromatic heterocycles. The molecule has 2 aromatic carbocycles. The van der Waals surface area contributed by atoms with Crippen LogP contribution >= 0.6 is 12.4 Å². The standard InChI is InChI=1S/C22H25NO3.ClH/c24-21(25)8-11-23-12-9-22(10-13-23)16-26-20-15-18(6-7-19(20)22)14-17-4-2-1-3-5-17;/h1-7,15H,8-14,16H2,(H,24,25);1H. The molecule has 0 unspecified atom stereocenters. The average Bonchev–Trinajstić information content (AvgIpc) is 3.00. The molecule has 5 heteroatoms. The third-order valence-corrected chi connectivity index (χ3v) is 5.83. The summed E-state index contributed by atoms with van der Waals surface area (Å²) >= 11 is 0. The van der Waals surface area contributed by atoms with Crippen molar-refractivity contribution in [2.45, 2.75) is 31.1 Å². The van der Waals surface area contributed by atoms with E-state index in [1.54, 1.807) is 0 Å². The Labute approximate surface area is 166 Å². The molecule has 1 saturated heterocycles. The van der Waals surface area contributed by atoms with Gasteiger partial charge in [-0.15, -0.1) is 12.4 Å². The number of benzene rings is 2. The number of carboxylic acids is 1. The summed E-state index contributed by atoms with van der Waals surface area (Å²) in [5.74, 6) is 0.322. The number of likely N-dealkylation sites (tertiary alicyclic amines) is 1. The molecule has 1 N–H and O–H groups in total. The maximum atomic E-state index is 10.8. The number of fused-ring (bicyclic) bond motifs is 2. The summed E-state index contributed by atoms with van der Waals surface area (Å²) in [6, 6.07) is 17.2. The predicted octanol–water partition coefficient (Wildman–Crippen LogP) is 3.90. The lowest BCUT2D eigenvalue weighted by Gasteiger charge is -2.38. The van der Waals surface area contributed by atoms with Crippen molar-refractivity contribution < 1.29 is 14.6 Å². The number of nitrogens with zero attached hydrogens (tertiary/aromatic N) is 1. The third kappa shape index (κ3) is 4.28. The highest BCUT2D eigenvalue weighted by Gasteiger charge is 2.42. The molecule has 27 heavy (non-hydrogen) atoms. The number of carboxylic acid groups (broad SMARTS) is 1. The number of ether oxygens (including phenoxy) is 1. The molecule has 0 radical (unpaired) electrons. The molecule has 4 nitrogen and oxygen atoms in total. The first-order chi connectivity index (χ1) is 12.6. The van der Waals surface area contributed by atoms with Gasteiger partial charge in [0.1, 0.15) is 5.75 Å². The van der Waals surface area contributed by atoms with E-state index in [2.05, 4.69) is 47.4 Å². The van der Waals surface area contributed by atoms with E-state index in [4.69, 9.17) is 9.84 Å². The molecular weight excluding hydrogens is 362 g/mol. The van der Waals surface area contributed by atoms with Crippen molar-refractivity contribution in [2.75, 3.05) is 26.2 Å². The molecule has 1 spiro atoms. The fourth-order valence-corrected chi connectivity index (χ4v) is 4.23. The zero-order valence-electron chi connectivity index (χ0n) is 15.4. The van der Waals surface area contributed by atoms with Crippen molar-refractivity contribution in [1.82, 2.24) is 4.90 Å². The van der Waals surface area contributed by atoms with Crippen molar-refractivity contribution in [2.24, 2.45) is 0 Å². The first kappa shape index (κ1) is 19.7. The van der Waals surface area contributed by atoms with E-state index < -0.39 is 5.97 Å². The van der Waals surface area contributed by atoms with Crippen LogP contribution in [-0.2, 0) is 16.6 Å². The van der Waals surface area contributed by atoms with Gasteiger partial charge in [-0.05, 0) is 49.5 Å². The van der Waals surface area contributed by atoms with Crippen LogP contribution < -0.4 is 4.74 Å². The van der Waals surface area contributed by atoms with Crippen LogP contribution in [0.4, 0.5) is 0 Å². The van der Waals surface area contributed by atoms with E-state index in [1.165, 1.54) is 16.7 Å². The number of hydrogen-bond donors (Lipinski definition) is 1. The van der Waals surface area contributed by atoms with E-state index in [-0.39, 0.29) is 24.2 Å². The fraction of sp³-hybridized carbons (Fsp3) is 0.409. The van der Waals surface area contributed by atoms with Crippen LogP contribution in [-0.4, -0.2) is 42.2 Å². The van der Waals surface area contributed by atoms with Crippen molar-refractivity contribution in [1.29, 1.82) is 0 Å². The Morgan fingerprint density at radius 3 is 2.52 bits per heavy atom. The fourth-order valence-electron chi connectivity index (χ4n) is 4.23. The van der Waals surface area contributed by atoms with Crippen molar-refractivity contribution in [3.8, 4) is 5.75 Å². The minimum Gasteiger partial charge on any atom is -0.492 e. The van der Waals surface area contributed by atoms with E-state index in [0.29, 0.717) is 6.54 Å². The van der Waals surface area contributed by atoms with Gasteiger partial charge in [0.2, 0.25) is 0 Å². The lowest BCUT2D eigenvalue weighted by molar-refractivity contribution is -0.137. The second-order valence-electron chi connectivity index (χ2n) is 7.55. The van der Waals surface area contributed by atoms with E-state index in [9.17, 15) is 4.79 Å². The molecule has 144 valence electrons. The van der Waals surface area contributed by atoms with Gasteiger partial charge in [-0.1, -0.05) is 42.5 Å². The average molecular weight is 388 g/mol. The number of rotatable bonds is 5. The highest BCUT2D eigenvalue weighted by molar-refractivity contribution is 5.85. The monoisotopic (exact) mass is 387 g/mol. The molecule has 0 aliphatic carbocycles. The molecule has 2 aliphatic heterocycles. The van der Waals surface area contributed by atoms with Crippen LogP contribution in [0.3, 0.4) is 0 Å². The maximum absolute atomic E-state index is 10.8. The summed E-state index contributed by atoms with van der Waals surface area (Å²) < 4.78 is 6.09. The van der Waals surface area contributed by atoms with Crippen LogP contribution in [0.1, 0.15) is 36.0 Å². The molecule has 2 aliphatic rings. The summed E-state index contributed by atoms with van der Waals surface area (Å²) in [5, 5.41) is 8.86. The molecule has 1 fully saturated rings. The summed E-state index contributed by atoms with van der Waals surface area (Å²) in [4.78, 5) is 13.0. The molecular formula is C22H26ClNO3. The zero-order valence-corrected chi connectivity index (χ0v) is 16.2. The van der Waals surface area contributed by atoms with Crippen LogP contribution in [0.25, 0.3) is 0 Å². The minimum absolute atomic E-state index is 0. The maximum Gasteiger partial charge on any atom is 0.304 e. The Kier molecular flexibility index (Phi) is 6.08. The van der Waals surface area contributed by atoms with Gasteiger partial charge in [-0.2, -0.15) is 0 Å². The third-order valence-electron chi connectivity index (χ3n) is 5.83. The highest BCUT2D eigenvalue weighted by atomic mass is 35.5. The molecule has 2 heterocycles. The number of halogens is 1. The molecule has 0 saturated carbocycles. The Hall–Kier alpha value is -2.04. The Morgan fingerprint density at radius 1 is 1.07 bits per heavy atom. The largest absolute Gasteiger partial charge is 0.492 e. The van der Waals surface area contributed by atoms with Crippen LogP contribution in [0.2, 0.25) is 0 Å². The highest BCUT2D eigenvalue weighted by Crippen LogP contribution is 2.45. The first-order valence-corrected chi connectivity index (χ1v) is 9.39. The Balaban J connectivity index is 0.00000210. The predicted molar refractivity (Wildman–Crippen MR) is 108 cm³/mol. The number of hydrogen-bond acceptors (Lipinski definition) is 3. The van der Waals surface area contributed by atoms with Gasteiger partial charge in [0.15, 0.2) is 0 Å². The smallest absolute Gasteiger partial charge is 0.304 e. The number of carbonyl (C=O) groups is 1. The van der Waals surface area contributed by atoms with Crippen LogP contribution in [0.5, 0.6) is 5.75 Å². The van der Waals surface area contributed by atoms with Gasteiger partial charge >= 0.3 is 5.97 Å². The Bertz CT molecular complexity index is 785. The summed E-state index contributed by atoms with van der Waals surface area (Å²) in [5.41, 5.74) is 4.05. The summed E-state index contributed by atoms with van der Waals surface area (Å²) in [6.07, 6.45) is 3.23. The number of piperidine rings is 1. The van der Waals surface area contributed by atoms with Crippen LogP contribution in [0.15, 0.2) is 48.5 Å². The van der Waals surface area contributed by atoms with Gasteiger partial charge in [0.25, 0.3) is 0 Å².